The highest BCUT2D eigenvalue weighted by Gasteiger charge is 2.20. The minimum atomic E-state index is -0.171. The number of nitrogens with zero attached hydrogens (tertiary/aromatic N) is 1. The lowest BCUT2D eigenvalue weighted by atomic mass is 10.1. The topological polar surface area (TPSA) is 37.4 Å². The van der Waals surface area contributed by atoms with Gasteiger partial charge in [0.2, 0.25) is 5.91 Å². The van der Waals surface area contributed by atoms with Crippen molar-refractivity contribution in [2.45, 2.75) is 46.0 Å². The highest BCUT2D eigenvalue weighted by Crippen LogP contribution is 2.08. The first kappa shape index (κ1) is 15.6. The first-order valence-corrected chi connectivity index (χ1v) is 6.37. The van der Waals surface area contributed by atoms with Crippen molar-refractivity contribution in [2.24, 2.45) is 0 Å². The first-order valence-electron chi connectivity index (χ1n) is 6.37. The van der Waals surface area contributed by atoms with Crippen LogP contribution in [0.2, 0.25) is 0 Å². The van der Waals surface area contributed by atoms with Gasteiger partial charge in [0, 0.05) is 19.0 Å². The summed E-state index contributed by atoms with van der Waals surface area (Å²) in [5.41, 5.74) is 0. The van der Waals surface area contributed by atoms with Gasteiger partial charge in [-0.1, -0.05) is 32.4 Å². The fourth-order valence-electron chi connectivity index (χ4n) is 1.55. The van der Waals surface area contributed by atoms with E-state index >= 15 is 0 Å². The van der Waals surface area contributed by atoms with Crippen LogP contribution in [-0.4, -0.2) is 23.3 Å². The van der Waals surface area contributed by atoms with Crippen LogP contribution in [0, 0.1) is 0 Å². The zero-order valence-corrected chi connectivity index (χ0v) is 10.9. The van der Waals surface area contributed by atoms with E-state index in [2.05, 4.69) is 6.58 Å². The average Bonchev–Trinajstić information content (AvgIpc) is 2.35. The molecule has 3 heteroatoms. The minimum Gasteiger partial charge on any atom is -0.279 e. The molecule has 0 radical (unpaired) electrons. The van der Waals surface area contributed by atoms with Gasteiger partial charge in [0.15, 0.2) is 0 Å². The van der Waals surface area contributed by atoms with E-state index in [1.54, 1.807) is 6.08 Å². The summed E-state index contributed by atoms with van der Waals surface area (Å²) in [6.45, 7) is 8.20. The summed E-state index contributed by atoms with van der Waals surface area (Å²) in [6, 6.07) is 0. The van der Waals surface area contributed by atoms with E-state index in [4.69, 9.17) is 0 Å². The third kappa shape index (κ3) is 6.05. The summed E-state index contributed by atoms with van der Waals surface area (Å²) in [6.07, 6.45) is 9.35. The largest absolute Gasteiger partial charge is 0.279 e. The zero-order valence-electron chi connectivity index (χ0n) is 10.9. The van der Waals surface area contributed by atoms with Crippen molar-refractivity contribution in [2.75, 3.05) is 6.54 Å². The third-order valence-electron chi connectivity index (χ3n) is 2.41. The number of amides is 2. The van der Waals surface area contributed by atoms with Crippen LogP contribution in [0.4, 0.5) is 0 Å². The van der Waals surface area contributed by atoms with Gasteiger partial charge in [0.05, 0.1) is 0 Å². The predicted octanol–water partition coefficient (Wildman–Crippen LogP) is 3.07. The number of carbonyl (C=O) groups excluding carboxylic acids is 2. The maximum Gasteiger partial charge on any atom is 0.252 e. The van der Waals surface area contributed by atoms with E-state index in [9.17, 15) is 9.59 Å². The molecule has 1 aliphatic rings. The molecule has 0 bridgehead atoms. The van der Waals surface area contributed by atoms with Gasteiger partial charge in [-0.05, 0) is 19.3 Å². The number of allylic oxidation sites excluding steroid dienone is 1. The number of imide groups is 1. The van der Waals surface area contributed by atoms with E-state index in [0.29, 0.717) is 13.0 Å². The Kier molecular flexibility index (Phi) is 9.02. The van der Waals surface area contributed by atoms with Gasteiger partial charge in [-0.2, -0.15) is 0 Å². The fourth-order valence-corrected chi connectivity index (χ4v) is 1.55. The van der Waals surface area contributed by atoms with Crippen molar-refractivity contribution in [3.05, 3.63) is 24.8 Å². The van der Waals surface area contributed by atoms with Crippen LogP contribution in [0.25, 0.3) is 0 Å². The highest BCUT2D eigenvalue weighted by molar-refractivity contribution is 6.04. The molecule has 0 unspecified atom stereocenters. The summed E-state index contributed by atoms with van der Waals surface area (Å²) < 4.78 is 0. The van der Waals surface area contributed by atoms with Crippen LogP contribution in [0.3, 0.4) is 0 Å². The van der Waals surface area contributed by atoms with Crippen LogP contribution >= 0.6 is 0 Å². The quantitative estimate of drug-likeness (QED) is 0.404. The minimum absolute atomic E-state index is 0.0776. The summed E-state index contributed by atoms with van der Waals surface area (Å²) in [4.78, 5) is 24.0. The molecule has 3 nitrogen and oxygen atoms in total. The molecule has 0 fully saturated rings. The van der Waals surface area contributed by atoms with E-state index in [0.717, 1.165) is 25.7 Å². The standard InChI is InChI=1S/C12H17NO2.C2H6/c1-2-3-4-5-6-10-13-11(14)8-7-9-12(13)15;1-2/h2,7-8H,1,3-6,9-10H2;1-2H3. The molecule has 0 spiro atoms. The van der Waals surface area contributed by atoms with E-state index in [1.165, 1.54) is 11.0 Å². The summed E-state index contributed by atoms with van der Waals surface area (Å²) >= 11 is 0. The molecule has 0 aliphatic carbocycles. The number of rotatable bonds is 6. The lowest BCUT2D eigenvalue weighted by molar-refractivity contribution is -0.142. The lowest BCUT2D eigenvalue weighted by Gasteiger charge is -2.21. The lowest BCUT2D eigenvalue weighted by Crippen LogP contribution is -2.38. The Morgan fingerprint density at radius 1 is 1.29 bits per heavy atom. The monoisotopic (exact) mass is 237 g/mol. The fraction of sp³-hybridized carbons (Fsp3) is 0.571. The van der Waals surface area contributed by atoms with Crippen molar-refractivity contribution in [1.29, 1.82) is 0 Å². The third-order valence-corrected chi connectivity index (χ3v) is 2.41. The molecule has 0 aromatic heterocycles. The summed E-state index contributed by atoms with van der Waals surface area (Å²) in [5, 5.41) is 0. The Balaban J connectivity index is 0.00000121. The van der Waals surface area contributed by atoms with Gasteiger partial charge in [0.1, 0.15) is 0 Å². The number of carbonyl (C=O) groups is 2. The number of unbranched alkanes of at least 4 members (excludes halogenated alkanes) is 3. The van der Waals surface area contributed by atoms with Gasteiger partial charge < -0.3 is 0 Å². The normalized spacial score (nSPS) is 14.4. The molecular weight excluding hydrogens is 214 g/mol. The Hall–Kier alpha value is -1.38. The van der Waals surface area contributed by atoms with Crippen LogP contribution < -0.4 is 0 Å². The van der Waals surface area contributed by atoms with Crippen molar-refractivity contribution < 1.29 is 9.59 Å². The predicted molar refractivity (Wildman–Crippen MR) is 70.5 cm³/mol. The molecular formula is C14H23NO2. The summed E-state index contributed by atoms with van der Waals surface area (Å²) in [7, 11) is 0. The molecule has 2 amide bonds. The van der Waals surface area contributed by atoms with Crippen molar-refractivity contribution in [3.8, 4) is 0 Å². The molecule has 1 heterocycles. The molecule has 17 heavy (non-hydrogen) atoms. The Morgan fingerprint density at radius 3 is 2.59 bits per heavy atom. The average molecular weight is 237 g/mol. The second-order valence-corrected chi connectivity index (χ2v) is 3.63. The molecule has 0 atom stereocenters. The molecule has 0 aromatic carbocycles. The van der Waals surface area contributed by atoms with Gasteiger partial charge in [-0.25, -0.2) is 0 Å². The maximum atomic E-state index is 11.4. The van der Waals surface area contributed by atoms with Crippen LogP contribution in [0.5, 0.6) is 0 Å². The van der Waals surface area contributed by atoms with E-state index in [1.807, 2.05) is 19.9 Å². The molecule has 0 saturated carbocycles. The van der Waals surface area contributed by atoms with Gasteiger partial charge in [-0.3, -0.25) is 14.5 Å². The van der Waals surface area contributed by atoms with Crippen LogP contribution in [0.1, 0.15) is 46.0 Å². The van der Waals surface area contributed by atoms with Crippen LogP contribution in [0.15, 0.2) is 24.8 Å². The Labute approximate surface area is 104 Å². The molecule has 0 aromatic rings. The second kappa shape index (κ2) is 9.82. The first-order chi connectivity index (χ1) is 8.25. The van der Waals surface area contributed by atoms with E-state index < -0.39 is 0 Å². The van der Waals surface area contributed by atoms with Crippen molar-refractivity contribution in [1.82, 2.24) is 4.90 Å². The van der Waals surface area contributed by atoms with Gasteiger partial charge >= 0.3 is 0 Å². The molecule has 1 rings (SSSR count). The zero-order chi connectivity index (χ0) is 13.1. The molecule has 1 aliphatic heterocycles. The van der Waals surface area contributed by atoms with Crippen molar-refractivity contribution in [3.63, 3.8) is 0 Å². The maximum absolute atomic E-state index is 11.4. The smallest absolute Gasteiger partial charge is 0.252 e. The number of hydrogen-bond acceptors (Lipinski definition) is 2. The number of hydrogen-bond donors (Lipinski definition) is 0. The SMILES string of the molecule is C=CCCCCCN1C(=O)C=CCC1=O.CC. The summed E-state index contributed by atoms with van der Waals surface area (Å²) in [5.74, 6) is -0.249. The van der Waals surface area contributed by atoms with E-state index in [-0.39, 0.29) is 11.8 Å². The van der Waals surface area contributed by atoms with Gasteiger partial charge in [0.25, 0.3) is 5.91 Å². The molecule has 0 saturated heterocycles. The van der Waals surface area contributed by atoms with Gasteiger partial charge in [-0.15, -0.1) is 6.58 Å². The van der Waals surface area contributed by atoms with Crippen molar-refractivity contribution >= 4 is 11.8 Å². The van der Waals surface area contributed by atoms with Crippen LogP contribution in [-0.2, 0) is 9.59 Å². The Morgan fingerprint density at radius 2 is 2.00 bits per heavy atom. The molecule has 96 valence electrons. The Bertz CT molecular complexity index is 282. The second-order valence-electron chi connectivity index (χ2n) is 3.63. The highest BCUT2D eigenvalue weighted by atomic mass is 16.2. The molecule has 0 N–H and O–H groups in total.